The van der Waals surface area contributed by atoms with Gasteiger partial charge in [-0.2, -0.15) is 0 Å². The van der Waals surface area contributed by atoms with E-state index in [1.165, 1.54) is 6.08 Å². The van der Waals surface area contributed by atoms with Gasteiger partial charge < -0.3 is 19.6 Å². The first kappa shape index (κ1) is 26.8. The zero-order chi connectivity index (χ0) is 24.9. The van der Waals surface area contributed by atoms with E-state index in [2.05, 4.69) is 27.0 Å². The lowest BCUT2D eigenvalue weighted by Gasteiger charge is -2.39. The molecule has 34 heavy (non-hydrogen) atoms. The van der Waals surface area contributed by atoms with Crippen LogP contribution in [0.4, 0.5) is 0 Å². The van der Waals surface area contributed by atoms with Crippen LogP contribution in [0.25, 0.3) is 0 Å². The summed E-state index contributed by atoms with van der Waals surface area (Å²) in [5, 5.41) is 9.16. The number of unbranched alkanes of at least 4 members (excludes halogenated alkanes) is 2. The molecule has 3 unspecified atom stereocenters. The summed E-state index contributed by atoms with van der Waals surface area (Å²) in [4.78, 5) is 44.6. The second kappa shape index (κ2) is 11.8. The van der Waals surface area contributed by atoms with Gasteiger partial charge in [0.2, 0.25) is 11.8 Å². The highest BCUT2D eigenvalue weighted by atomic mass is 32.2. The summed E-state index contributed by atoms with van der Waals surface area (Å²) in [6.45, 7) is 12.7. The van der Waals surface area contributed by atoms with Crippen molar-refractivity contribution in [2.24, 2.45) is 11.8 Å². The van der Waals surface area contributed by atoms with Crippen molar-refractivity contribution in [1.82, 2.24) is 9.80 Å². The van der Waals surface area contributed by atoms with Gasteiger partial charge in [0.15, 0.2) is 0 Å². The highest BCUT2D eigenvalue weighted by Crippen LogP contribution is 2.66. The smallest absolute Gasteiger partial charge is 0.311 e. The maximum absolute atomic E-state index is 14.2. The lowest BCUT2D eigenvalue weighted by Crippen LogP contribution is -2.56. The molecular formula is C26H40N2O5S. The van der Waals surface area contributed by atoms with Gasteiger partial charge in [-0.25, -0.2) is 0 Å². The third-order valence-corrected chi connectivity index (χ3v) is 9.51. The van der Waals surface area contributed by atoms with Gasteiger partial charge in [0.05, 0.1) is 16.6 Å². The highest BCUT2D eigenvalue weighted by molar-refractivity contribution is 8.02. The molecular weight excluding hydrogens is 452 g/mol. The van der Waals surface area contributed by atoms with Gasteiger partial charge in [0.1, 0.15) is 12.6 Å². The Kier molecular flexibility index (Phi) is 9.27. The second-order valence-corrected chi connectivity index (χ2v) is 11.3. The van der Waals surface area contributed by atoms with Crippen molar-refractivity contribution in [2.45, 2.75) is 80.9 Å². The van der Waals surface area contributed by atoms with Crippen LogP contribution in [0.3, 0.4) is 0 Å². The predicted molar refractivity (Wildman–Crippen MR) is 134 cm³/mol. The summed E-state index contributed by atoms with van der Waals surface area (Å²) in [6, 6.07) is -0.556. The number of fused-ring (bicyclic) bond motifs is 1. The molecule has 3 saturated heterocycles. The number of thioether (sulfide) groups is 1. The molecule has 1 N–H and O–H groups in total. The predicted octanol–water partition coefficient (Wildman–Crippen LogP) is 3.17. The molecule has 3 heterocycles. The van der Waals surface area contributed by atoms with Crippen LogP contribution < -0.4 is 0 Å². The largest absolute Gasteiger partial charge is 0.461 e. The molecule has 0 aromatic heterocycles. The molecule has 6 atom stereocenters. The van der Waals surface area contributed by atoms with Crippen LogP contribution in [0.1, 0.15) is 58.8 Å². The average molecular weight is 493 g/mol. The first-order valence-electron chi connectivity index (χ1n) is 12.7. The molecule has 8 heteroatoms. The molecule has 2 bridgehead atoms. The van der Waals surface area contributed by atoms with Crippen molar-refractivity contribution in [3.05, 3.63) is 25.3 Å². The Morgan fingerprint density at radius 1 is 1.32 bits per heavy atom. The molecule has 0 saturated carbocycles. The Balaban J connectivity index is 1.96. The number of aliphatic hydroxyl groups is 1. The van der Waals surface area contributed by atoms with E-state index in [0.29, 0.717) is 25.9 Å². The topological polar surface area (TPSA) is 87.2 Å². The van der Waals surface area contributed by atoms with Crippen molar-refractivity contribution < 1.29 is 24.2 Å². The molecule has 3 aliphatic heterocycles. The molecule has 0 aliphatic carbocycles. The van der Waals surface area contributed by atoms with Gasteiger partial charge in [-0.15, -0.1) is 18.3 Å². The number of esters is 1. The Morgan fingerprint density at radius 3 is 2.74 bits per heavy atom. The molecule has 190 valence electrons. The van der Waals surface area contributed by atoms with E-state index >= 15 is 0 Å². The number of rotatable bonds is 14. The molecule has 7 nitrogen and oxygen atoms in total. The Morgan fingerprint density at radius 2 is 2.09 bits per heavy atom. The lowest BCUT2D eigenvalue weighted by atomic mass is 9.71. The molecule has 3 aliphatic rings. The van der Waals surface area contributed by atoms with Crippen LogP contribution in [-0.2, 0) is 19.1 Å². The van der Waals surface area contributed by atoms with Crippen LogP contribution >= 0.6 is 11.8 Å². The van der Waals surface area contributed by atoms with E-state index in [9.17, 15) is 14.4 Å². The van der Waals surface area contributed by atoms with Crippen LogP contribution in [0.2, 0.25) is 0 Å². The van der Waals surface area contributed by atoms with Gasteiger partial charge in [-0.3, -0.25) is 14.4 Å². The van der Waals surface area contributed by atoms with E-state index in [0.717, 1.165) is 32.1 Å². The van der Waals surface area contributed by atoms with Crippen LogP contribution in [0, 0.1) is 11.8 Å². The van der Waals surface area contributed by atoms with Gasteiger partial charge in [-0.1, -0.05) is 32.1 Å². The minimum absolute atomic E-state index is 0.000904. The molecule has 0 aromatic carbocycles. The van der Waals surface area contributed by atoms with Gasteiger partial charge in [0, 0.05) is 31.0 Å². The SMILES string of the molecule is C=CCOC(=O)[C@@H]1[C@@H]2CCC3(S2)C(C(=O)N(CC=C)C(C)CCC)N(CCCCCO)C(=O)[C@H]13. The van der Waals surface area contributed by atoms with Gasteiger partial charge in [-0.05, 0) is 45.4 Å². The molecule has 0 radical (unpaired) electrons. The molecule has 3 rings (SSSR count). The third-order valence-electron chi connectivity index (χ3n) is 7.55. The number of amides is 2. The summed E-state index contributed by atoms with van der Waals surface area (Å²) in [5.41, 5.74) is 0. The van der Waals surface area contributed by atoms with Gasteiger partial charge >= 0.3 is 5.97 Å². The number of hydrogen-bond donors (Lipinski definition) is 1. The van der Waals surface area contributed by atoms with Crippen LogP contribution in [0.5, 0.6) is 0 Å². The molecule has 0 aromatic rings. The Labute approximate surface area is 208 Å². The van der Waals surface area contributed by atoms with E-state index in [1.807, 2.05) is 4.90 Å². The summed E-state index contributed by atoms with van der Waals surface area (Å²) < 4.78 is 4.81. The Hall–Kier alpha value is -1.80. The molecule has 3 fully saturated rings. The zero-order valence-corrected chi connectivity index (χ0v) is 21.4. The maximum atomic E-state index is 14.2. The number of carbonyl (C=O) groups is 3. The fourth-order valence-corrected chi connectivity index (χ4v) is 8.31. The molecule has 2 amide bonds. The van der Waals surface area contributed by atoms with Crippen molar-refractivity contribution in [2.75, 3.05) is 26.3 Å². The molecule has 1 spiro atoms. The summed E-state index contributed by atoms with van der Waals surface area (Å²) in [5.74, 6) is -1.54. The van der Waals surface area contributed by atoms with Crippen LogP contribution in [0.15, 0.2) is 25.3 Å². The lowest BCUT2D eigenvalue weighted by molar-refractivity contribution is -0.153. The Bertz CT molecular complexity index is 789. The summed E-state index contributed by atoms with van der Waals surface area (Å²) >= 11 is 1.67. The van der Waals surface area contributed by atoms with Crippen molar-refractivity contribution in [1.29, 1.82) is 0 Å². The minimum Gasteiger partial charge on any atom is -0.461 e. The fourth-order valence-electron chi connectivity index (χ4n) is 6.11. The number of aliphatic hydroxyl groups excluding tert-OH is 1. The van der Waals surface area contributed by atoms with Crippen molar-refractivity contribution in [3.8, 4) is 0 Å². The van der Waals surface area contributed by atoms with E-state index in [1.54, 1.807) is 22.7 Å². The third kappa shape index (κ3) is 4.81. The second-order valence-electron chi connectivity index (χ2n) is 9.71. The van der Waals surface area contributed by atoms with Gasteiger partial charge in [0.25, 0.3) is 0 Å². The number of nitrogens with zero attached hydrogens (tertiary/aromatic N) is 2. The summed E-state index contributed by atoms with van der Waals surface area (Å²) in [6.07, 6.45) is 8.82. The summed E-state index contributed by atoms with van der Waals surface area (Å²) in [7, 11) is 0. The van der Waals surface area contributed by atoms with Crippen molar-refractivity contribution in [3.63, 3.8) is 0 Å². The average Bonchev–Trinajstić information content (AvgIpc) is 3.46. The quantitative estimate of drug-likeness (QED) is 0.228. The van der Waals surface area contributed by atoms with Crippen LogP contribution in [-0.4, -0.2) is 81.1 Å². The zero-order valence-electron chi connectivity index (χ0n) is 20.6. The number of hydrogen-bond acceptors (Lipinski definition) is 6. The monoisotopic (exact) mass is 492 g/mol. The number of ether oxygens (including phenoxy) is 1. The van der Waals surface area contributed by atoms with E-state index in [-0.39, 0.29) is 42.3 Å². The number of carbonyl (C=O) groups excluding carboxylic acids is 3. The van der Waals surface area contributed by atoms with E-state index in [4.69, 9.17) is 9.84 Å². The standard InChI is InChI=1S/C26H40N2O5S/c1-5-11-18(4)27(14-6-2)24(31)22-26-13-12-19(34-26)20(25(32)33-17-7-3)21(26)23(30)28(22)15-9-8-10-16-29/h6-7,18-22,29H,2-3,5,8-17H2,1,4H3/t18?,19-,20+,21-,22?,26?/m0/s1. The van der Waals surface area contributed by atoms with E-state index < -0.39 is 22.6 Å². The highest BCUT2D eigenvalue weighted by Gasteiger charge is 2.74. The van der Waals surface area contributed by atoms with Crippen molar-refractivity contribution >= 4 is 29.5 Å². The first-order valence-corrected chi connectivity index (χ1v) is 13.5. The first-order chi connectivity index (χ1) is 16.4. The maximum Gasteiger partial charge on any atom is 0.311 e. The fraction of sp³-hybridized carbons (Fsp3) is 0.731. The minimum atomic E-state index is -0.598. The number of likely N-dealkylation sites (tertiary alicyclic amines) is 1. The normalized spacial score (nSPS) is 30.2.